The highest BCUT2D eigenvalue weighted by Crippen LogP contribution is 2.32. The van der Waals surface area contributed by atoms with Crippen molar-refractivity contribution < 1.29 is 4.79 Å². The molecule has 0 spiro atoms. The van der Waals surface area contributed by atoms with Crippen LogP contribution in [-0.4, -0.2) is 48.6 Å². The van der Waals surface area contributed by atoms with Crippen LogP contribution in [0.1, 0.15) is 57.8 Å². The van der Waals surface area contributed by atoms with Crippen LogP contribution < -0.4 is 10.6 Å². The first kappa shape index (κ1) is 14.3. The van der Waals surface area contributed by atoms with E-state index in [4.69, 9.17) is 0 Å². The summed E-state index contributed by atoms with van der Waals surface area (Å²) < 4.78 is 0. The molecule has 3 saturated heterocycles. The molecular weight excluding hydrogens is 250 g/mol. The van der Waals surface area contributed by atoms with Gasteiger partial charge < -0.3 is 15.5 Å². The summed E-state index contributed by atoms with van der Waals surface area (Å²) in [5.74, 6) is 0.270. The Balaban J connectivity index is 1.42. The fourth-order valence-corrected chi connectivity index (χ4v) is 4.34. The number of amides is 1. The zero-order chi connectivity index (χ0) is 13.9. The van der Waals surface area contributed by atoms with Crippen LogP contribution in [0.3, 0.4) is 0 Å². The van der Waals surface area contributed by atoms with Gasteiger partial charge in [-0.1, -0.05) is 6.42 Å². The van der Waals surface area contributed by atoms with Crippen molar-refractivity contribution in [3.63, 3.8) is 0 Å². The molecule has 3 aliphatic heterocycles. The molecule has 0 saturated carbocycles. The van der Waals surface area contributed by atoms with Crippen LogP contribution in [0, 0.1) is 0 Å². The maximum atomic E-state index is 12.1. The van der Waals surface area contributed by atoms with Crippen LogP contribution in [0.4, 0.5) is 0 Å². The Bertz CT molecular complexity index is 327. The first-order chi connectivity index (χ1) is 9.72. The minimum absolute atomic E-state index is 0.270. The molecule has 2 bridgehead atoms. The lowest BCUT2D eigenvalue weighted by molar-refractivity contribution is -0.122. The number of carbonyl (C=O) groups excluding carboxylic acids is 1. The molecule has 0 radical (unpaired) electrons. The van der Waals surface area contributed by atoms with E-state index < -0.39 is 0 Å². The second-order valence-corrected chi connectivity index (χ2v) is 6.97. The van der Waals surface area contributed by atoms with E-state index in [0.717, 1.165) is 25.8 Å². The molecule has 0 aromatic rings. The van der Waals surface area contributed by atoms with Gasteiger partial charge in [0.1, 0.15) is 0 Å². The van der Waals surface area contributed by atoms with E-state index in [1.54, 1.807) is 0 Å². The van der Waals surface area contributed by atoms with Crippen molar-refractivity contribution in [3.8, 4) is 0 Å². The highest BCUT2D eigenvalue weighted by atomic mass is 16.1. The Labute approximate surface area is 122 Å². The van der Waals surface area contributed by atoms with Crippen LogP contribution in [0.5, 0.6) is 0 Å². The average molecular weight is 279 g/mol. The van der Waals surface area contributed by atoms with Crippen molar-refractivity contribution in [2.45, 2.75) is 82.0 Å². The van der Waals surface area contributed by atoms with Crippen molar-refractivity contribution in [2.75, 3.05) is 13.6 Å². The van der Waals surface area contributed by atoms with Crippen LogP contribution in [0.15, 0.2) is 0 Å². The zero-order valence-electron chi connectivity index (χ0n) is 12.7. The Kier molecular flexibility index (Phi) is 4.61. The van der Waals surface area contributed by atoms with Gasteiger partial charge in [0.25, 0.3) is 0 Å². The van der Waals surface area contributed by atoms with E-state index in [2.05, 4.69) is 22.6 Å². The van der Waals surface area contributed by atoms with Crippen LogP contribution >= 0.6 is 0 Å². The number of nitrogens with zero attached hydrogens (tertiary/aromatic N) is 1. The number of carbonyl (C=O) groups is 1. The fraction of sp³-hybridized carbons (Fsp3) is 0.938. The van der Waals surface area contributed by atoms with Gasteiger partial charge in [-0.25, -0.2) is 0 Å². The lowest BCUT2D eigenvalue weighted by atomic mass is 9.82. The molecule has 4 nitrogen and oxygen atoms in total. The predicted octanol–water partition coefficient (Wildman–Crippen LogP) is 1.65. The van der Waals surface area contributed by atoms with E-state index in [1.165, 1.54) is 32.1 Å². The summed E-state index contributed by atoms with van der Waals surface area (Å²) in [6.07, 6.45) is 10.5. The molecule has 0 aliphatic carbocycles. The molecule has 1 amide bonds. The number of nitrogens with one attached hydrogen (secondary N) is 2. The normalized spacial score (nSPS) is 37.9. The van der Waals surface area contributed by atoms with Gasteiger partial charge in [-0.2, -0.15) is 0 Å². The molecule has 114 valence electrons. The monoisotopic (exact) mass is 279 g/mol. The summed E-state index contributed by atoms with van der Waals surface area (Å²) in [6, 6.07) is 2.40. The van der Waals surface area contributed by atoms with Crippen molar-refractivity contribution in [2.24, 2.45) is 0 Å². The van der Waals surface area contributed by atoms with Crippen LogP contribution in [0.25, 0.3) is 0 Å². The van der Waals surface area contributed by atoms with Gasteiger partial charge in [-0.05, 0) is 58.5 Å². The molecule has 20 heavy (non-hydrogen) atoms. The maximum Gasteiger partial charge on any atom is 0.220 e. The molecule has 3 fully saturated rings. The van der Waals surface area contributed by atoms with E-state index in [0.29, 0.717) is 30.6 Å². The first-order valence-electron chi connectivity index (χ1n) is 8.47. The minimum Gasteiger partial charge on any atom is -0.353 e. The van der Waals surface area contributed by atoms with Gasteiger partial charge in [-0.15, -0.1) is 0 Å². The smallest absolute Gasteiger partial charge is 0.220 e. The average Bonchev–Trinajstić information content (AvgIpc) is 2.91. The Morgan fingerprint density at radius 2 is 1.95 bits per heavy atom. The second-order valence-electron chi connectivity index (χ2n) is 6.97. The lowest BCUT2D eigenvalue weighted by Gasteiger charge is -2.47. The maximum absolute atomic E-state index is 12.1. The Morgan fingerprint density at radius 3 is 2.60 bits per heavy atom. The van der Waals surface area contributed by atoms with Crippen molar-refractivity contribution in [3.05, 3.63) is 0 Å². The van der Waals surface area contributed by atoms with Crippen LogP contribution in [0.2, 0.25) is 0 Å². The van der Waals surface area contributed by atoms with E-state index in [1.807, 2.05) is 0 Å². The van der Waals surface area contributed by atoms with Crippen molar-refractivity contribution >= 4 is 5.91 Å². The molecule has 3 rings (SSSR count). The summed E-state index contributed by atoms with van der Waals surface area (Å²) in [5.41, 5.74) is 0. The zero-order valence-corrected chi connectivity index (χ0v) is 12.7. The lowest BCUT2D eigenvalue weighted by Crippen LogP contribution is -2.55. The largest absolute Gasteiger partial charge is 0.353 e. The van der Waals surface area contributed by atoms with Gasteiger partial charge in [0, 0.05) is 30.6 Å². The third kappa shape index (κ3) is 3.34. The molecule has 3 unspecified atom stereocenters. The number of rotatable bonds is 4. The van der Waals surface area contributed by atoms with Gasteiger partial charge >= 0.3 is 0 Å². The summed E-state index contributed by atoms with van der Waals surface area (Å²) in [5, 5.41) is 6.77. The number of hydrogen-bond donors (Lipinski definition) is 2. The quantitative estimate of drug-likeness (QED) is 0.822. The number of fused-ring (bicyclic) bond motifs is 2. The fourth-order valence-electron chi connectivity index (χ4n) is 4.34. The first-order valence-corrected chi connectivity index (χ1v) is 8.47. The third-order valence-electron chi connectivity index (χ3n) is 5.59. The Morgan fingerprint density at radius 1 is 1.20 bits per heavy atom. The summed E-state index contributed by atoms with van der Waals surface area (Å²) >= 11 is 0. The van der Waals surface area contributed by atoms with Crippen molar-refractivity contribution in [1.29, 1.82) is 0 Å². The van der Waals surface area contributed by atoms with E-state index in [-0.39, 0.29) is 5.91 Å². The molecule has 3 heterocycles. The molecule has 2 N–H and O–H groups in total. The molecule has 3 aliphatic rings. The summed E-state index contributed by atoms with van der Waals surface area (Å²) in [4.78, 5) is 14.7. The number of piperidine rings is 2. The SMILES string of the molecule is CN1C2CCCC1CC(NC(=O)CCC1CCCN1)C2. The van der Waals surface area contributed by atoms with Gasteiger partial charge in [-0.3, -0.25) is 4.79 Å². The predicted molar refractivity (Wildman–Crippen MR) is 80.6 cm³/mol. The molecule has 3 atom stereocenters. The number of hydrogen-bond acceptors (Lipinski definition) is 3. The van der Waals surface area contributed by atoms with E-state index in [9.17, 15) is 4.79 Å². The molecular formula is C16H29N3O. The summed E-state index contributed by atoms with van der Waals surface area (Å²) in [7, 11) is 2.26. The topological polar surface area (TPSA) is 44.4 Å². The second kappa shape index (κ2) is 6.44. The van der Waals surface area contributed by atoms with Crippen molar-refractivity contribution in [1.82, 2.24) is 15.5 Å². The highest BCUT2D eigenvalue weighted by molar-refractivity contribution is 5.76. The molecule has 0 aromatic heterocycles. The summed E-state index contributed by atoms with van der Waals surface area (Å²) in [6.45, 7) is 1.13. The van der Waals surface area contributed by atoms with Crippen LogP contribution in [-0.2, 0) is 4.79 Å². The molecule has 4 heteroatoms. The van der Waals surface area contributed by atoms with Gasteiger partial charge in [0.2, 0.25) is 5.91 Å². The standard InChI is InChI=1S/C16H29N3O/c1-19-14-5-2-6-15(19)11-13(10-14)18-16(20)8-7-12-4-3-9-17-12/h12-15,17H,2-11H2,1H3,(H,18,20). The minimum atomic E-state index is 0.270. The Hall–Kier alpha value is -0.610. The van der Waals surface area contributed by atoms with Gasteiger partial charge in [0.05, 0.1) is 0 Å². The van der Waals surface area contributed by atoms with E-state index >= 15 is 0 Å². The van der Waals surface area contributed by atoms with Gasteiger partial charge in [0.15, 0.2) is 0 Å². The highest BCUT2D eigenvalue weighted by Gasteiger charge is 2.36. The molecule has 0 aromatic carbocycles. The third-order valence-corrected chi connectivity index (χ3v) is 5.59.